The molecular formula is C29H30Cl2N2O4S. The van der Waals surface area contributed by atoms with E-state index in [0.717, 1.165) is 41.8 Å². The molecule has 9 heteroatoms. The SMILES string of the molecule is CCC(C)(C)[C@@H]1CCc2c(sc3c2C(=O)N[C@@H](c2ccc(OC(=O)c4ccc(Cl)cc4Cl)c(OC)c2)N3)C1. The highest BCUT2D eigenvalue weighted by atomic mass is 35.5. The van der Waals surface area contributed by atoms with Gasteiger partial charge in [-0.1, -0.05) is 56.5 Å². The van der Waals surface area contributed by atoms with Gasteiger partial charge in [-0.05, 0) is 72.1 Å². The summed E-state index contributed by atoms with van der Waals surface area (Å²) in [6, 6.07) is 9.77. The number of fused-ring (bicyclic) bond motifs is 3. The lowest BCUT2D eigenvalue weighted by molar-refractivity contribution is 0.0729. The van der Waals surface area contributed by atoms with Crippen LogP contribution in [0.25, 0.3) is 0 Å². The van der Waals surface area contributed by atoms with E-state index >= 15 is 0 Å². The molecule has 0 radical (unpaired) electrons. The molecule has 2 aliphatic rings. The second kappa shape index (κ2) is 10.4. The normalized spacial score (nSPS) is 18.6. The van der Waals surface area contributed by atoms with Gasteiger partial charge in [0.25, 0.3) is 5.91 Å². The van der Waals surface area contributed by atoms with Crippen LogP contribution in [0, 0.1) is 11.3 Å². The summed E-state index contributed by atoms with van der Waals surface area (Å²) in [6.07, 6.45) is 3.74. The Morgan fingerprint density at radius 2 is 1.92 bits per heavy atom. The third-order valence-electron chi connectivity index (χ3n) is 7.93. The van der Waals surface area contributed by atoms with Gasteiger partial charge in [0.2, 0.25) is 0 Å². The van der Waals surface area contributed by atoms with Crippen molar-refractivity contribution in [2.24, 2.45) is 11.3 Å². The highest BCUT2D eigenvalue weighted by Crippen LogP contribution is 2.47. The third-order valence-corrected chi connectivity index (χ3v) is 9.67. The Morgan fingerprint density at radius 3 is 2.63 bits per heavy atom. The monoisotopic (exact) mass is 572 g/mol. The molecule has 0 saturated carbocycles. The molecule has 0 bridgehead atoms. The number of anilines is 1. The minimum atomic E-state index is -0.625. The van der Waals surface area contributed by atoms with Gasteiger partial charge in [-0.3, -0.25) is 4.79 Å². The van der Waals surface area contributed by atoms with Gasteiger partial charge in [0.05, 0.1) is 23.3 Å². The zero-order valence-corrected chi connectivity index (χ0v) is 24.1. The van der Waals surface area contributed by atoms with Gasteiger partial charge in [0.15, 0.2) is 11.5 Å². The maximum absolute atomic E-state index is 13.2. The summed E-state index contributed by atoms with van der Waals surface area (Å²) in [4.78, 5) is 27.3. The van der Waals surface area contributed by atoms with E-state index in [-0.39, 0.29) is 27.7 Å². The van der Waals surface area contributed by atoms with Crippen LogP contribution in [0.5, 0.6) is 11.5 Å². The summed E-state index contributed by atoms with van der Waals surface area (Å²) in [5, 5.41) is 8.14. The lowest BCUT2D eigenvalue weighted by atomic mass is 9.69. The maximum Gasteiger partial charge on any atom is 0.345 e. The smallest absolute Gasteiger partial charge is 0.345 e. The lowest BCUT2D eigenvalue weighted by Crippen LogP contribution is -2.38. The lowest BCUT2D eigenvalue weighted by Gasteiger charge is -2.36. The van der Waals surface area contributed by atoms with Crippen molar-refractivity contribution >= 4 is 51.4 Å². The molecule has 5 rings (SSSR count). The fourth-order valence-corrected chi connectivity index (χ4v) is 7.02. The molecule has 6 nitrogen and oxygen atoms in total. The van der Waals surface area contributed by atoms with E-state index in [9.17, 15) is 9.59 Å². The predicted molar refractivity (Wildman–Crippen MR) is 152 cm³/mol. The summed E-state index contributed by atoms with van der Waals surface area (Å²) in [6.45, 7) is 6.94. The first-order valence-corrected chi connectivity index (χ1v) is 14.3. The molecule has 1 aliphatic carbocycles. The van der Waals surface area contributed by atoms with Crippen LogP contribution in [0.2, 0.25) is 10.0 Å². The van der Waals surface area contributed by atoms with Gasteiger partial charge >= 0.3 is 5.97 Å². The summed E-state index contributed by atoms with van der Waals surface area (Å²) < 4.78 is 11.1. The van der Waals surface area contributed by atoms with Crippen LogP contribution in [0.1, 0.15) is 76.5 Å². The number of benzene rings is 2. The van der Waals surface area contributed by atoms with Gasteiger partial charge in [0.1, 0.15) is 11.2 Å². The van der Waals surface area contributed by atoms with Crippen LogP contribution < -0.4 is 20.1 Å². The molecule has 3 aromatic rings. The predicted octanol–water partition coefficient (Wildman–Crippen LogP) is 7.68. The molecule has 1 amide bonds. The van der Waals surface area contributed by atoms with E-state index in [1.54, 1.807) is 35.6 Å². The summed E-state index contributed by atoms with van der Waals surface area (Å²) in [7, 11) is 1.50. The Morgan fingerprint density at radius 1 is 1.13 bits per heavy atom. The number of nitrogens with one attached hydrogen (secondary N) is 2. The number of amides is 1. The minimum Gasteiger partial charge on any atom is -0.493 e. The first-order valence-electron chi connectivity index (χ1n) is 12.7. The van der Waals surface area contributed by atoms with Crippen molar-refractivity contribution < 1.29 is 19.1 Å². The molecule has 0 saturated heterocycles. The van der Waals surface area contributed by atoms with Crippen LogP contribution in [0.3, 0.4) is 0 Å². The largest absolute Gasteiger partial charge is 0.493 e. The van der Waals surface area contributed by atoms with Crippen molar-refractivity contribution in [3.05, 3.63) is 73.6 Å². The van der Waals surface area contributed by atoms with E-state index in [2.05, 4.69) is 31.4 Å². The molecule has 0 spiro atoms. The Balaban J connectivity index is 1.36. The van der Waals surface area contributed by atoms with Gasteiger partial charge < -0.3 is 20.1 Å². The van der Waals surface area contributed by atoms with E-state index in [1.807, 2.05) is 0 Å². The van der Waals surface area contributed by atoms with Crippen LogP contribution >= 0.6 is 34.5 Å². The standard InChI is InChI=1S/C29H30Cl2N2O4S/c1-5-29(2,3)16-7-9-19-23(13-16)38-27-24(19)26(34)32-25(33-27)15-6-11-21(22(12-15)36-4)37-28(35)18-10-8-17(30)14-20(18)31/h6,8,10-12,14,16,25,33H,5,7,9,13H2,1-4H3,(H,32,34)/t16-,25-/m1/s1. The summed E-state index contributed by atoms with van der Waals surface area (Å²) in [5.74, 6) is 0.520. The number of esters is 1. The quantitative estimate of drug-likeness (QED) is 0.234. The molecule has 2 heterocycles. The van der Waals surface area contributed by atoms with Gasteiger partial charge in [-0.2, -0.15) is 0 Å². The zero-order valence-electron chi connectivity index (χ0n) is 21.7. The number of rotatable bonds is 6. The number of hydrogen-bond acceptors (Lipinski definition) is 6. The topological polar surface area (TPSA) is 76.7 Å². The van der Waals surface area contributed by atoms with E-state index in [1.165, 1.54) is 29.7 Å². The fraction of sp³-hybridized carbons (Fsp3) is 0.379. The van der Waals surface area contributed by atoms with Crippen LogP contribution in [-0.2, 0) is 12.8 Å². The summed E-state index contributed by atoms with van der Waals surface area (Å²) >= 11 is 13.8. The Bertz CT molecular complexity index is 1420. The molecule has 2 aromatic carbocycles. The van der Waals surface area contributed by atoms with Crippen molar-refractivity contribution in [3.63, 3.8) is 0 Å². The van der Waals surface area contributed by atoms with Crippen LogP contribution in [0.15, 0.2) is 36.4 Å². The molecule has 38 heavy (non-hydrogen) atoms. The molecule has 2 N–H and O–H groups in total. The van der Waals surface area contributed by atoms with E-state index < -0.39 is 12.1 Å². The fourth-order valence-electron chi connectivity index (χ4n) is 5.18. The maximum atomic E-state index is 13.2. The van der Waals surface area contributed by atoms with Gasteiger partial charge in [-0.15, -0.1) is 11.3 Å². The molecule has 1 aromatic heterocycles. The molecule has 200 valence electrons. The van der Waals surface area contributed by atoms with Crippen LogP contribution in [0.4, 0.5) is 5.00 Å². The third kappa shape index (κ3) is 4.99. The summed E-state index contributed by atoms with van der Waals surface area (Å²) in [5.41, 5.74) is 3.23. The molecule has 0 fully saturated rings. The average molecular weight is 574 g/mol. The van der Waals surface area contributed by atoms with Gasteiger partial charge in [-0.25, -0.2) is 4.79 Å². The van der Waals surface area contributed by atoms with E-state index in [4.69, 9.17) is 32.7 Å². The minimum absolute atomic E-state index is 0.0682. The average Bonchev–Trinajstić information content (AvgIpc) is 3.27. The van der Waals surface area contributed by atoms with E-state index in [0.29, 0.717) is 16.7 Å². The first kappa shape index (κ1) is 26.9. The zero-order chi connectivity index (χ0) is 27.2. The first-order chi connectivity index (χ1) is 18.1. The van der Waals surface area contributed by atoms with Crippen molar-refractivity contribution in [2.45, 2.75) is 52.6 Å². The molecule has 0 unspecified atom stereocenters. The van der Waals surface area contributed by atoms with Crippen molar-refractivity contribution in [3.8, 4) is 11.5 Å². The Hall–Kier alpha value is -2.74. The number of halogens is 2. The van der Waals surface area contributed by atoms with Gasteiger partial charge in [0, 0.05) is 9.90 Å². The van der Waals surface area contributed by atoms with Crippen molar-refractivity contribution in [2.75, 3.05) is 12.4 Å². The Labute approximate surface area is 236 Å². The van der Waals surface area contributed by atoms with Crippen molar-refractivity contribution in [1.29, 1.82) is 0 Å². The molecular weight excluding hydrogens is 543 g/mol. The number of hydrogen-bond donors (Lipinski definition) is 2. The number of methoxy groups -OCH3 is 1. The second-order valence-electron chi connectivity index (χ2n) is 10.5. The number of thiophene rings is 1. The van der Waals surface area contributed by atoms with Crippen molar-refractivity contribution in [1.82, 2.24) is 5.32 Å². The second-order valence-corrected chi connectivity index (χ2v) is 12.4. The highest BCUT2D eigenvalue weighted by molar-refractivity contribution is 7.16. The number of carbonyl (C=O) groups excluding carboxylic acids is 2. The number of carbonyl (C=O) groups is 2. The Kier molecular flexibility index (Phi) is 7.37. The highest BCUT2D eigenvalue weighted by Gasteiger charge is 2.37. The van der Waals surface area contributed by atoms with Crippen LogP contribution in [-0.4, -0.2) is 19.0 Å². The molecule has 1 aliphatic heterocycles. The number of ether oxygens (including phenoxy) is 2. The molecule has 2 atom stereocenters.